The van der Waals surface area contributed by atoms with Gasteiger partial charge in [0, 0.05) is 57.2 Å². The van der Waals surface area contributed by atoms with Crippen molar-refractivity contribution in [3.63, 3.8) is 0 Å². The molecule has 1 saturated carbocycles. The predicted molar refractivity (Wildman–Crippen MR) is 117 cm³/mol. The lowest BCUT2D eigenvalue weighted by Gasteiger charge is -2.36. The van der Waals surface area contributed by atoms with Gasteiger partial charge in [-0.2, -0.15) is 0 Å². The minimum Gasteiger partial charge on any atom is -0.474 e. The van der Waals surface area contributed by atoms with Crippen LogP contribution in [0.4, 0.5) is 5.69 Å². The lowest BCUT2D eigenvalue weighted by molar-refractivity contribution is 0.116. The molecule has 1 aliphatic carbocycles. The van der Waals surface area contributed by atoms with E-state index in [9.17, 15) is 4.79 Å². The molecular weight excluding hydrogens is 378 g/mol. The maximum absolute atomic E-state index is 11.9. The third kappa shape index (κ3) is 4.03. The standard InChI is InChI=1S/C23H27N5O2/c29-22-6-1-2-9-28(22)15-12-26-10-13-27(14-11-26)18-7-8-21-20(16-18)23(25-17-24-21)30-19-4-3-5-19/h1-2,6-9,16-17,19H,3-5,10-15H2. The van der Waals surface area contributed by atoms with Crippen LogP contribution < -0.4 is 15.2 Å². The first-order valence-electron chi connectivity index (χ1n) is 10.8. The number of hydrogen-bond acceptors (Lipinski definition) is 6. The summed E-state index contributed by atoms with van der Waals surface area (Å²) in [6.45, 7) is 5.51. The zero-order chi connectivity index (χ0) is 20.3. The second-order valence-corrected chi connectivity index (χ2v) is 8.11. The van der Waals surface area contributed by atoms with Crippen molar-refractivity contribution in [2.24, 2.45) is 0 Å². The van der Waals surface area contributed by atoms with Crippen molar-refractivity contribution in [1.29, 1.82) is 0 Å². The smallest absolute Gasteiger partial charge is 0.250 e. The van der Waals surface area contributed by atoms with Crippen LogP contribution in [0.5, 0.6) is 5.88 Å². The van der Waals surface area contributed by atoms with Crippen LogP contribution in [0.2, 0.25) is 0 Å². The van der Waals surface area contributed by atoms with E-state index in [2.05, 4.69) is 38.0 Å². The van der Waals surface area contributed by atoms with Crippen molar-refractivity contribution in [3.05, 3.63) is 59.3 Å². The zero-order valence-corrected chi connectivity index (χ0v) is 17.1. The van der Waals surface area contributed by atoms with E-state index >= 15 is 0 Å². The second kappa shape index (κ2) is 8.44. The summed E-state index contributed by atoms with van der Waals surface area (Å²) in [4.78, 5) is 25.5. The summed E-state index contributed by atoms with van der Waals surface area (Å²) in [5.41, 5.74) is 2.18. The molecule has 1 aromatic carbocycles. The number of rotatable bonds is 6. The maximum atomic E-state index is 11.9. The van der Waals surface area contributed by atoms with Gasteiger partial charge in [-0.3, -0.25) is 9.69 Å². The summed E-state index contributed by atoms with van der Waals surface area (Å²) < 4.78 is 7.88. The van der Waals surface area contributed by atoms with Gasteiger partial charge < -0.3 is 14.2 Å². The van der Waals surface area contributed by atoms with E-state index in [0.717, 1.165) is 63.0 Å². The normalized spacial score (nSPS) is 17.8. The van der Waals surface area contributed by atoms with Crippen LogP contribution in [0.15, 0.2) is 53.7 Å². The van der Waals surface area contributed by atoms with Crippen molar-refractivity contribution in [2.75, 3.05) is 37.6 Å². The fourth-order valence-electron chi connectivity index (χ4n) is 4.08. The Morgan fingerprint density at radius 1 is 1.00 bits per heavy atom. The first-order valence-corrected chi connectivity index (χ1v) is 10.8. The number of hydrogen-bond donors (Lipinski definition) is 0. The summed E-state index contributed by atoms with van der Waals surface area (Å²) in [5.74, 6) is 0.707. The lowest BCUT2D eigenvalue weighted by atomic mass is 9.96. The Labute approximate surface area is 175 Å². The van der Waals surface area contributed by atoms with E-state index in [0.29, 0.717) is 12.0 Å². The molecule has 1 saturated heterocycles. The molecular formula is C23H27N5O2. The van der Waals surface area contributed by atoms with Gasteiger partial charge in [-0.1, -0.05) is 6.07 Å². The molecule has 0 atom stereocenters. The highest BCUT2D eigenvalue weighted by Crippen LogP contribution is 2.31. The molecule has 1 aliphatic heterocycles. The largest absolute Gasteiger partial charge is 0.474 e. The SMILES string of the molecule is O=c1ccccn1CCN1CCN(c2ccc3ncnc(OC4CCC4)c3c2)CC1. The highest BCUT2D eigenvalue weighted by Gasteiger charge is 2.22. The predicted octanol–water partition coefficient (Wildman–Crippen LogP) is 2.55. The molecule has 0 N–H and O–H groups in total. The first-order chi connectivity index (χ1) is 14.8. The van der Waals surface area contributed by atoms with Crippen molar-refractivity contribution >= 4 is 16.6 Å². The van der Waals surface area contributed by atoms with Crippen LogP contribution in [0.3, 0.4) is 0 Å². The number of ether oxygens (including phenoxy) is 1. The summed E-state index contributed by atoms with van der Waals surface area (Å²) in [6.07, 6.45) is 7.21. The Balaban J connectivity index is 1.24. The third-order valence-electron chi connectivity index (χ3n) is 6.21. The van der Waals surface area contributed by atoms with E-state index in [1.165, 1.54) is 12.1 Å². The molecule has 5 rings (SSSR count). The number of fused-ring (bicyclic) bond motifs is 1. The Hall–Kier alpha value is -2.93. The molecule has 156 valence electrons. The van der Waals surface area contributed by atoms with Gasteiger partial charge in [0.2, 0.25) is 5.88 Å². The number of benzene rings is 1. The lowest BCUT2D eigenvalue weighted by Crippen LogP contribution is -2.47. The van der Waals surface area contributed by atoms with Crippen LogP contribution >= 0.6 is 0 Å². The average Bonchev–Trinajstić information content (AvgIpc) is 2.76. The van der Waals surface area contributed by atoms with Gasteiger partial charge in [-0.25, -0.2) is 9.97 Å². The Kier molecular flexibility index (Phi) is 5.36. The highest BCUT2D eigenvalue weighted by molar-refractivity contribution is 5.86. The Morgan fingerprint density at radius 2 is 1.87 bits per heavy atom. The molecule has 7 heteroatoms. The molecule has 7 nitrogen and oxygen atoms in total. The van der Waals surface area contributed by atoms with E-state index in [4.69, 9.17) is 4.74 Å². The number of nitrogens with zero attached hydrogens (tertiary/aromatic N) is 5. The van der Waals surface area contributed by atoms with Gasteiger partial charge in [0.05, 0.1) is 10.9 Å². The van der Waals surface area contributed by atoms with Gasteiger partial charge in [-0.15, -0.1) is 0 Å². The van der Waals surface area contributed by atoms with Crippen molar-refractivity contribution < 1.29 is 4.74 Å². The first kappa shape index (κ1) is 19.1. The summed E-state index contributed by atoms with van der Waals surface area (Å²) in [5, 5.41) is 0.993. The molecule has 0 amide bonds. The van der Waals surface area contributed by atoms with Gasteiger partial charge in [0.15, 0.2) is 0 Å². The summed E-state index contributed by atoms with van der Waals surface area (Å²) in [7, 11) is 0. The average molecular weight is 406 g/mol. The van der Waals surface area contributed by atoms with E-state index < -0.39 is 0 Å². The van der Waals surface area contributed by atoms with Crippen molar-refractivity contribution in [3.8, 4) is 5.88 Å². The maximum Gasteiger partial charge on any atom is 0.250 e. The van der Waals surface area contributed by atoms with Crippen LogP contribution in [0.1, 0.15) is 19.3 Å². The van der Waals surface area contributed by atoms with Crippen molar-refractivity contribution in [1.82, 2.24) is 19.4 Å². The molecule has 0 spiro atoms. The molecule has 0 unspecified atom stereocenters. The van der Waals surface area contributed by atoms with Crippen LogP contribution in [0.25, 0.3) is 10.9 Å². The number of aromatic nitrogens is 3. The van der Waals surface area contributed by atoms with Gasteiger partial charge in [0.1, 0.15) is 12.4 Å². The van der Waals surface area contributed by atoms with Crippen LogP contribution in [-0.4, -0.2) is 58.3 Å². The van der Waals surface area contributed by atoms with Crippen LogP contribution in [-0.2, 0) is 6.54 Å². The molecule has 2 aliphatic rings. The highest BCUT2D eigenvalue weighted by atomic mass is 16.5. The number of piperazine rings is 1. The van der Waals surface area contributed by atoms with Gasteiger partial charge in [-0.05, 0) is 43.5 Å². The molecule has 2 fully saturated rings. The van der Waals surface area contributed by atoms with Crippen molar-refractivity contribution in [2.45, 2.75) is 31.9 Å². The molecule has 3 heterocycles. The van der Waals surface area contributed by atoms with Gasteiger partial charge in [0.25, 0.3) is 5.56 Å². The summed E-state index contributed by atoms with van der Waals surface area (Å²) in [6, 6.07) is 11.7. The monoisotopic (exact) mass is 405 g/mol. The summed E-state index contributed by atoms with van der Waals surface area (Å²) >= 11 is 0. The third-order valence-corrected chi connectivity index (χ3v) is 6.21. The fraction of sp³-hybridized carbons (Fsp3) is 0.435. The molecule has 30 heavy (non-hydrogen) atoms. The molecule has 0 radical (unpaired) electrons. The quantitative estimate of drug-likeness (QED) is 0.628. The van der Waals surface area contributed by atoms with E-state index in [-0.39, 0.29) is 5.56 Å². The second-order valence-electron chi connectivity index (χ2n) is 8.11. The molecule has 3 aromatic rings. The molecule has 2 aromatic heterocycles. The van der Waals surface area contributed by atoms with Gasteiger partial charge >= 0.3 is 0 Å². The molecule has 0 bridgehead atoms. The van der Waals surface area contributed by atoms with E-state index in [1.807, 2.05) is 12.3 Å². The van der Waals surface area contributed by atoms with Crippen LogP contribution in [0, 0.1) is 0 Å². The number of anilines is 1. The zero-order valence-electron chi connectivity index (χ0n) is 17.1. The van der Waals surface area contributed by atoms with E-state index in [1.54, 1.807) is 23.0 Å². The topological polar surface area (TPSA) is 63.5 Å². The minimum absolute atomic E-state index is 0.0643. The minimum atomic E-state index is 0.0643. The fourth-order valence-corrected chi connectivity index (χ4v) is 4.08. The Bertz CT molecular complexity index is 1070. The Morgan fingerprint density at radius 3 is 2.63 bits per heavy atom. The number of pyridine rings is 1.